The van der Waals surface area contributed by atoms with Gasteiger partial charge in [-0.3, -0.25) is 4.79 Å². The van der Waals surface area contributed by atoms with Gasteiger partial charge in [-0.1, -0.05) is 36.4 Å². The number of methoxy groups -OCH3 is 1. The van der Waals surface area contributed by atoms with Crippen molar-refractivity contribution in [3.63, 3.8) is 0 Å². The van der Waals surface area contributed by atoms with E-state index in [-0.39, 0.29) is 12.4 Å². The van der Waals surface area contributed by atoms with E-state index in [1.165, 1.54) is 18.2 Å². The van der Waals surface area contributed by atoms with Crippen LogP contribution in [-0.2, 0) is 27.4 Å². The molecular weight excluding hydrogens is 427 g/mol. The number of benzene rings is 2. The lowest BCUT2D eigenvalue weighted by Gasteiger charge is -2.12. The van der Waals surface area contributed by atoms with Crippen LogP contribution in [0.5, 0.6) is 5.75 Å². The van der Waals surface area contributed by atoms with Crippen molar-refractivity contribution < 1.29 is 37.3 Å². The molecule has 1 aliphatic heterocycles. The van der Waals surface area contributed by atoms with Gasteiger partial charge in [0.2, 0.25) is 0 Å². The Morgan fingerprint density at radius 2 is 1.88 bits per heavy atom. The second-order valence-electron chi connectivity index (χ2n) is 6.84. The van der Waals surface area contributed by atoms with Gasteiger partial charge in [0, 0.05) is 5.56 Å². The quantitative estimate of drug-likeness (QED) is 0.529. The van der Waals surface area contributed by atoms with E-state index in [9.17, 15) is 18.0 Å². The van der Waals surface area contributed by atoms with Crippen LogP contribution in [0.2, 0.25) is 0 Å². The molecule has 0 atom stereocenters. The summed E-state index contributed by atoms with van der Waals surface area (Å²) in [5, 5.41) is 10.3. The second kappa shape index (κ2) is 11.3. The Morgan fingerprint density at radius 1 is 1.19 bits per heavy atom. The molecule has 0 fully saturated rings. The van der Waals surface area contributed by atoms with Crippen LogP contribution in [0.4, 0.5) is 13.2 Å². The van der Waals surface area contributed by atoms with Crippen LogP contribution in [-0.4, -0.2) is 43.9 Å². The fourth-order valence-corrected chi connectivity index (χ4v) is 3.05. The predicted octanol–water partition coefficient (Wildman–Crippen LogP) is 3.97. The van der Waals surface area contributed by atoms with Crippen molar-refractivity contribution in [1.82, 2.24) is 5.32 Å². The zero-order valence-corrected chi connectivity index (χ0v) is 17.7. The molecule has 9 heteroatoms. The van der Waals surface area contributed by atoms with Gasteiger partial charge < -0.3 is 19.9 Å². The van der Waals surface area contributed by atoms with Crippen LogP contribution in [0.25, 0.3) is 5.57 Å². The molecule has 1 aliphatic rings. The van der Waals surface area contributed by atoms with Crippen molar-refractivity contribution in [2.24, 2.45) is 0 Å². The maximum atomic E-state index is 11.6. The highest BCUT2D eigenvalue weighted by Crippen LogP contribution is 2.37. The number of carbonyl (C=O) groups is 2. The number of rotatable bonds is 5. The van der Waals surface area contributed by atoms with Gasteiger partial charge in [0.15, 0.2) is 0 Å². The van der Waals surface area contributed by atoms with E-state index in [1.807, 2.05) is 37.4 Å². The van der Waals surface area contributed by atoms with E-state index in [1.54, 1.807) is 0 Å². The summed E-state index contributed by atoms with van der Waals surface area (Å²) >= 11 is 0. The molecule has 0 bridgehead atoms. The minimum Gasteiger partial charge on any atom is -0.488 e. The van der Waals surface area contributed by atoms with Crippen molar-refractivity contribution in [1.29, 1.82) is 0 Å². The minimum absolute atomic E-state index is 0.240. The van der Waals surface area contributed by atoms with Crippen molar-refractivity contribution in [2.45, 2.75) is 25.6 Å². The van der Waals surface area contributed by atoms with E-state index in [4.69, 9.17) is 19.4 Å². The lowest BCUT2D eigenvalue weighted by atomic mass is 9.92. The average Bonchev–Trinajstić information content (AvgIpc) is 2.90. The number of hydrogen-bond donors (Lipinski definition) is 2. The summed E-state index contributed by atoms with van der Waals surface area (Å²) in [4.78, 5) is 20.5. The highest BCUT2D eigenvalue weighted by atomic mass is 19.4. The van der Waals surface area contributed by atoms with Gasteiger partial charge in [0.25, 0.3) is 0 Å². The third-order valence-corrected chi connectivity index (χ3v) is 4.59. The van der Waals surface area contributed by atoms with Crippen LogP contribution in [0, 0.1) is 0 Å². The molecule has 172 valence electrons. The van der Waals surface area contributed by atoms with E-state index in [0.29, 0.717) is 6.61 Å². The summed E-state index contributed by atoms with van der Waals surface area (Å²) in [7, 11) is 3.36. The lowest BCUT2D eigenvalue weighted by molar-refractivity contribution is -0.192. The Balaban J connectivity index is 0.000000451. The molecule has 1 heterocycles. The Kier molecular flexibility index (Phi) is 8.83. The molecule has 0 unspecified atom stereocenters. The van der Waals surface area contributed by atoms with Gasteiger partial charge in [-0.05, 0) is 54.4 Å². The molecule has 0 saturated heterocycles. The molecule has 0 saturated carbocycles. The van der Waals surface area contributed by atoms with Crippen LogP contribution >= 0.6 is 0 Å². The van der Waals surface area contributed by atoms with Crippen LogP contribution in [0.3, 0.4) is 0 Å². The first kappa shape index (κ1) is 24.9. The maximum absolute atomic E-state index is 11.6. The van der Waals surface area contributed by atoms with E-state index >= 15 is 0 Å². The molecule has 32 heavy (non-hydrogen) atoms. The number of alkyl halides is 3. The zero-order valence-electron chi connectivity index (χ0n) is 17.7. The first-order chi connectivity index (χ1) is 15.2. The van der Waals surface area contributed by atoms with Crippen molar-refractivity contribution >= 4 is 17.5 Å². The normalized spacial score (nSPS) is 13.6. The fourth-order valence-electron chi connectivity index (χ4n) is 3.05. The van der Waals surface area contributed by atoms with Gasteiger partial charge in [-0.25, -0.2) is 4.79 Å². The molecule has 0 aliphatic carbocycles. The highest BCUT2D eigenvalue weighted by molar-refractivity contribution is 5.85. The van der Waals surface area contributed by atoms with Crippen LogP contribution in [0.1, 0.15) is 28.7 Å². The Bertz CT molecular complexity index is 986. The molecule has 2 aromatic rings. The van der Waals surface area contributed by atoms with Gasteiger partial charge in [0.1, 0.15) is 12.4 Å². The number of fused-ring (bicyclic) bond motifs is 2. The van der Waals surface area contributed by atoms with E-state index in [2.05, 4.69) is 23.5 Å². The Morgan fingerprint density at radius 3 is 2.50 bits per heavy atom. The molecule has 0 spiro atoms. The number of aliphatic carboxylic acids is 1. The number of carbonyl (C=O) groups excluding carboxylic acids is 1. The zero-order chi connectivity index (χ0) is 23.7. The summed E-state index contributed by atoms with van der Waals surface area (Å²) in [6.07, 6.45) is -1.67. The molecule has 2 aromatic carbocycles. The number of nitrogens with one attached hydrogen (secondary N) is 1. The van der Waals surface area contributed by atoms with E-state index < -0.39 is 12.1 Å². The molecule has 3 rings (SSSR count). The molecular formula is C23H24F3NO5. The molecule has 0 radical (unpaired) electrons. The van der Waals surface area contributed by atoms with Gasteiger partial charge in [-0.2, -0.15) is 13.2 Å². The minimum atomic E-state index is -5.08. The Hall–Kier alpha value is -3.33. The van der Waals surface area contributed by atoms with Crippen molar-refractivity contribution in [3.05, 3.63) is 70.8 Å². The van der Waals surface area contributed by atoms with E-state index in [0.717, 1.165) is 35.4 Å². The number of halogens is 3. The third-order valence-electron chi connectivity index (χ3n) is 4.59. The fraction of sp³-hybridized carbons (Fsp3) is 0.304. The van der Waals surface area contributed by atoms with Gasteiger partial charge in [0.05, 0.1) is 13.5 Å². The first-order valence-corrected chi connectivity index (χ1v) is 9.73. The summed E-state index contributed by atoms with van der Waals surface area (Å²) in [5.74, 6) is -2.15. The van der Waals surface area contributed by atoms with Crippen LogP contribution in [0.15, 0.2) is 48.5 Å². The average molecular weight is 451 g/mol. The lowest BCUT2D eigenvalue weighted by Crippen LogP contribution is -2.21. The number of esters is 1. The van der Waals surface area contributed by atoms with Crippen molar-refractivity contribution in [2.75, 3.05) is 20.7 Å². The molecule has 0 amide bonds. The number of carboxylic acid groups (broad SMARTS) is 1. The van der Waals surface area contributed by atoms with Gasteiger partial charge in [-0.15, -0.1) is 0 Å². The predicted molar refractivity (Wildman–Crippen MR) is 112 cm³/mol. The smallest absolute Gasteiger partial charge is 0.488 e. The number of hydrogen-bond acceptors (Lipinski definition) is 5. The first-order valence-electron chi connectivity index (χ1n) is 9.73. The van der Waals surface area contributed by atoms with Crippen molar-refractivity contribution in [3.8, 4) is 5.75 Å². The summed E-state index contributed by atoms with van der Waals surface area (Å²) in [6, 6.07) is 14.2. The maximum Gasteiger partial charge on any atom is 0.490 e. The van der Waals surface area contributed by atoms with Crippen LogP contribution < -0.4 is 10.1 Å². The molecule has 6 nitrogen and oxygen atoms in total. The molecule has 0 aromatic heterocycles. The highest BCUT2D eigenvalue weighted by Gasteiger charge is 2.38. The Labute approximate surface area is 183 Å². The number of carboxylic acids is 1. The largest absolute Gasteiger partial charge is 0.490 e. The molecule has 2 N–H and O–H groups in total. The SMILES string of the molecule is CNCC/C=C1\c2ccccc2COc2ccc(CC(=O)OC)cc21.O=C(O)C(F)(F)F. The summed E-state index contributed by atoms with van der Waals surface area (Å²) in [5.41, 5.74) is 5.47. The second-order valence-corrected chi connectivity index (χ2v) is 6.84. The summed E-state index contributed by atoms with van der Waals surface area (Å²) < 4.78 is 42.6. The summed E-state index contributed by atoms with van der Waals surface area (Å²) in [6.45, 7) is 1.45. The van der Waals surface area contributed by atoms with Gasteiger partial charge >= 0.3 is 18.1 Å². The topological polar surface area (TPSA) is 84.9 Å². The number of ether oxygens (including phenoxy) is 2. The monoisotopic (exact) mass is 451 g/mol. The third kappa shape index (κ3) is 6.84. The standard InChI is InChI=1S/C21H23NO3.C2HF3O2/c1-22-11-5-8-18-17-7-4-3-6-16(17)14-25-20-10-9-15(12-19(18)20)13-21(23)24-2;3-2(4,5)1(6)7/h3-4,6-10,12,22H,5,11,13-14H2,1-2H3;(H,6,7)/b18-8+;.